The first-order valence-electron chi connectivity index (χ1n) is 20.9. The van der Waals surface area contributed by atoms with Gasteiger partial charge >= 0.3 is 0 Å². The number of hydrogen-bond donors (Lipinski definition) is 0. The molecule has 3 aromatic heterocycles. The molecule has 11 aromatic rings. The molecule has 0 atom stereocenters. The summed E-state index contributed by atoms with van der Waals surface area (Å²) in [6.45, 7) is 0. The molecule has 0 fully saturated rings. The molecule has 0 aliphatic heterocycles. The highest BCUT2D eigenvalue weighted by Crippen LogP contribution is 2.33. The normalized spacial score (nSPS) is 11.2. The summed E-state index contributed by atoms with van der Waals surface area (Å²) in [5, 5.41) is 2.15. The molecule has 0 N–H and O–H groups in total. The van der Waals surface area contributed by atoms with E-state index >= 15 is 0 Å². The Hall–Kier alpha value is -8.34. The largest absolute Gasteiger partial charge is 0.245 e. The van der Waals surface area contributed by atoms with E-state index in [1.165, 1.54) is 5.56 Å². The maximum absolute atomic E-state index is 5.16. The van der Waals surface area contributed by atoms with Crippen LogP contribution in [0.2, 0.25) is 0 Å². The predicted octanol–water partition coefficient (Wildman–Crippen LogP) is 14.9. The molecule has 0 saturated heterocycles. The smallest absolute Gasteiger partial charge is 0.160 e. The Kier molecular flexibility index (Phi) is 9.49. The molecular formula is C58H38N4. The summed E-state index contributed by atoms with van der Waals surface area (Å²) in [5.41, 5.74) is 17.7. The van der Waals surface area contributed by atoms with Gasteiger partial charge in [-0.05, 0) is 51.6 Å². The Bertz CT molecular complexity index is 3330. The Morgan fingerprint density at radius 3 is 0.871 bits per heavy atom. The maximum atomic E-state index is 5.16. The lowest BCUT2D eigenvalue weighted by Crippen LogP contribution is -1.96. The monoisotopic (exact) mass is 790 g/mol. The summed E-state index contributed by atoms with van der Waals surface area (Å²) in [4.78, 5) is 20.4. The number of aromatic nitrogens is 4. The highest BCUT2D eigenvalue weighted by Gasteiger charge is 2.13. The number of pyridine rings is 2. The van der Waals surface area contributed by atoms with E-state index in [1.54, 1.807) is 0 Å². The fraction of sp³-hybridized carbons (Fsp3) is 0. The van der Waals surface area contributed by atoms with Gasteiger partial charge in [0, 0.05) is 38.6 Å². The van der Waals surface area contributed by atoms with Gasteiger partial charge in [0.05, 0.1) is 33.8 Å². The molecule has 0 saturated carbocycles. The third-order valence-corrected chi connectivity index (χ3v) is 11.5. The van der Waals surface area contributed by atoms with Crippen molar-refractivity contribution in [3.05, 3.63) is 231 Å². The first-order valence-corrected chi connectivity index (χ1v) is 20.9. The SMILES string of the molecule is c1ccc(-c2ccc(-c3nc(-c4ccccc4)cc(-c4ccc(-c5ccc(-c6ccc(-c7ccc8ccc9ccc(-c%10ccccc%10)nc9c8n7)cc6)cc5)cc4)n3)cc2)cc1. The molecule has 8 aromatic carbocycles. The first kappa shape index (κ1) is 36.7. The molecule has 290 valence electrons. The maximum Gasteiger partial charge on any atom is 0.160 e. The van der Waals surface area contributed by atoms with Crippen molar-refractivity contribution in [3.63, 3.8) is 0 Å². The second-order valence-electron chi connectivity index (χ2n) is 15.5. The Balaban J connectivity index is 0.838. The fourth-order valence-corrected chi connectivity index (χ4v) is 8.14. The number of fused-ring (bicyclic) bond motifs is 3. The Morgan fingerprint density at radius 2 is 0.468 bits per heavy atom. The lowest BCUT2D eigenvalue weighted by Gasteiger charge is -2.11. The zero-order valence-corrected chi connectivity index (χ0v) is 33.7. The van der Waals surface area contributed by atoms with Gasteiger partial charge in [0.15, 0.2) is 5.82 Å². The van der Waals surface area contributed by atoms with Crippen molar-refractivity contribution in [3.8, 4) is 89.8 Å². The van der Waals surface area contributed by atoms with Crippen LogP contribution >= 0.6 is 0 Å². The summed E-state index contributed by atoms with van der Waals surface area (Å²) < 4.78 is 0. The van der Waals surface area contributed by atoms with Gasteiger partial charge in [-0.3, -0.25) is 0 Å². The Labute approximate surface area is 360 Å². The van der Waals surface area contributed by atoms with Crippen molar-refractivity contribution in [2.45, 2.75) is 0 Å². The van der Waals surface area contributed by atoms with Gasteiger partial charge in [-0.25, -0.2) is 19.9 Å². The van der Waals surface area contributed by atoms with Crippen LogP contribution in [0.3, 0.4) is 0 Å². The van der Waals surface area contributed by atoms with E-state index in [1.807, 2.05) is 42.5 Å². The van der Waals surface area contributed by atoms with Crippen LogP contribution in [0.5, 0.6) is 0 Å². The molecule has 11 rings (SSSR count). The molecule has 0 radical (unpaired) electrons. The van der Waals surface area contributed by atoms with Gasteiger partial charge < -0.3 is 0 Å². The second-order valence-corrected chi connectivity index (χ2v) is 15.5. The van der Waals surface area contributed by atoms with Crippen molar-refractivity contribution < 1.29 is 0 Å². The summed E-state index contributed by atoms with van der Waals surface area (Å²) in [6, 6.07) is 80.5. The van der Waals surface area contributed by atoms with E-state index in [4.69, 9.17) is 19.9 Å². The van der Waals surface area contributed by atoms with Crippen LogP contribution < -0.4 is 0 Å². The van der Waals surface area contributed by atoms with Gasteiger partial charge in [0.2, 0.25) is 0 Å². The van der Waals surface area contributed by atoms with Crippen LogP contribution in [0, 0.1) is 0 Å². The van der Waals surface area contributed by atoms with Gasteiger partial charge in [0.1, 0.15) is 0 Å². The van der Waals surface area contributed by atoms with Crippen molar-refractivity contribution >= 4 is 21.8 Å². The van der Waals surface area contributed by atoms with Crippen LogP contribution in [0.15, 0.2) is 231 Å². The van der Waals surface area contributed by atoms with Crippen molar-refractivity contribution in [2.75, 3.05) is 0 Å². The van der Waals surface area contributed by atoms with Gasteiger partial charge in [-0.15, -0.1) is 0 Å². The van der Waals surface area contributed by atoms with Crippen molar-refractivity contribution in [1.29, 1.82) is 0 Å². The van der Waals surface area contributed by atoms with E-state index < -0.39 is 0 Å². The minimum Gasteiger partial charge on any atom is -0.245 e. The second kappa shape index (κ2) is 16.0. The number of benzene rings is 8. The minimum atomic E-state index is 0.700. The van der Waals surface area contributed by atoms with Crippen LogP contribution in [-0.4, -0.2) is 19.9 Å². The molecule has 0 aliphatic carbocycles. The van der Waals surface area contributed by atoms with Gasteiger partial charge in [-0.1, -0.05) is 212 Å². The molecule has 62 heavy (non-hydrogen) atoms. The molecule has 0 amide bonds. The molecule has 4 nitrogen and oxygen atoms in total. The molecule has 0 bridgehead atoms. The quantitative estimate of drug-likeness (QED) is 0.144. The number of hydrogen-bond acceptors (Lipinski definition) is 4. The molecule has 4 heteroatoms. The third kappa shape index (κ3) is 7.31. The summed E-state index contributed by atoms with van der Waals surface area (Å²) >= 11 is 0. The van der Waals surface area contributed by atoms with Crippen molar-refractivity contribution in [1.82, 2.24) is 19.9 Å². The number of nitrogens with zero attached hydrogens (tertiary/aromatic N) is 4. The zero-order valence-electron chi connectivity index (χ0n) is 33.7. The van der Waals surface area contributed by atoms with Crippen LogP contribution in [0.1, 0.15) is 0 Å². The molecule has 0 spiro atoms. The number of rotatable bonds is 8. The van der Waals surface area contributed by atoms with Gasteiger partial charge in [-0.2, -0.15) is 0 Å². The minimum absolute atomic E-state index is 0.700. The fourth-order valence-electron chi connectivity index (χ4n) is 8.14. The standard InChI is InChI=1S/C58H38N4/c1-4-10-39(11-5-1)40-24-32-51(33-25-40)58-61-54(46-14-8-3-9-15-46)38-55(62-58)48-28-22-44(23-29-48)42-18-16-41(17-19-42)43-20-26-47(27-21-43)53-37-35-50-31-30-49-34-36-52(45-12-6-2-7-13-45)59-56(49)57(50)60-53/h1-38H. The molecule has 3 heterocycles. The zero-order chi connectivity index (χ0) is 41.2. The van der Waals surface area contributed by atoms with Crippen LogP contribution in [0.25, 0.3) is 112 Å². The summed E-state index contributed by atoms with van der Waals surface area (Å²) in [5.74, 6) is 0.700. The van der Waals surface area contributed by atoms with Crippen LogP contribution in [-0.2, 0) is 0 Å². The predicted molar refractivity (Wildman–Crippen MR) is 256 cm³/mol. The third-order valence-electron chi connectivity index (χ3n) is 11.5. The average Bonchev–Trinajstić information content (AvgIpc) is 3.37. The lowest BCUT2D eigenvalue weighted by atomic mass is 9.98. The summed E-state index contributed by atoms with van der Waals surface area (Å²) in [7, 11) is 0. The average molecular weight is 791 g/mol. The van der Waals surface area contributed by atoms with E-state index in [0.29, 0.717) is 5.82 Å². The summed E-state index contributed by atoms with van der Waals surface area (Å²) in [6.07, 6.45) is 0. The van der Waals surface area contributed by atoms with E-state index in [2.05, 4.69) is 188 Å². The van der Waals surface area contributed by atoms with Crippen molar-refractivity contribution in [2.24, 2.45) is 0 Å². The molecular weight excluding hydrogens is 753 g/mol. The highest BCUT2D eigenvalue weighted by molar-refractivity contribution is 6.04. The lowest BCUT2D eigenvalue weighted by molar-refractivity contribution is 1.18. The topological polar surface area (TPSA) is 51.6 Å². The highest BCUT2D eigenvalue weighted by atomic mass is 14.9. The van der Waals surface area contributed by atoms with Crippen LogP contribution in [0.4, 0.5) is 0 Å². The molecule has 0 unspecified atom stereocenters. The van der Waals surface area contributed by atoms with Gasteiger partial charge in [0.25, 0.3) is 0 Å². The Morgan fingerprint density at radius 1 is 0.194 bits per heavy atom. The van der Waals surface area contributed by atoms with E-state index in [9.17, 15) is 0 Å². The van der Waals surface area contributed by atoms with E-state index in [-0.39, 0.29) is 0 Å². The molecule has 0 aliphatic rings. The van der Waals surface area contributed by atoms with E-state index in [0.717, 1.165) is 100 Å². The first-order chi connectivity index (χ1) is 30.7.